The summed E-state index contributed by atoms with van der Waals surface area (Å²) in [6, 6.07) is 15.5. The molecule has 0 aromatic heterocycles. The lowest BCUT2D eigenvalue weighted by atomic mass is 10.1. The molecule has 0 saturated heterocycles. The summed E-state index contributed by atoms with van der Waals surface area (Å²) in [6.07, 6.45) is 1.09. The van der Waals surface area contributed by atoms with Crippen molar-refractivity contribution in [3.8, 4) is 6.07 Å². The molecule has 0 fully saturated rings. The monoisotopic (exact) mass is 357 g/mol. The highest BCUT2D eigenvalue weighted by molar-refractivity contribution is 7.92. The Morgan fingerprint density at radius 2 is 1.92 bits per heavy atom. The summed E-state index contributed by atoms with van der Waals surface area (Å²) in [5, 5.41) is 11.7. The van der Waals surface area contributed by atoms with Crippen molar-refractivity contribution < 1.29 is 13.2 Å². The maximum Gasteiger partial charge on any atom is 0.251 e. The molecular weight excluding hydrogens is 338 g/mol. The highest BCUT2D eigenvalue weighted by atomic mass is 32.2. The number of nitrogens with one attached hydrogen (secondary N) is 1. The van der Waals surface area contributed by atoms with Crippen LogP contribution >= 0.6 is 0 Å². The molecule has 6 nitrogen and oxygen atoms in total. The van der Waals surface area contributed by atoms with Gasteiger partial charge in [-0.15, -0.1) is 0 Å². The lowest BCUT2D eigenvalue weighted by Crippen LogP contribution is -2.38. The molecule has 25 heavy (non-hydrogen) atoms. The quantitative estimate of drug-likeness (QED) is 0.857. The molecule has 0 aliphatic heterocycles. The number of amides is 1. The summed E-state index contributed by atoms with van der Waals surface area (Å²) < 4.78 is 25.3. The van der Waals surface area contributed by atoms with E-state index in [1.807, 2.05) is 19.1 Å². The van der Waals surface area contributed by atoms with E-state index < -0.39 is 10.0 Å². The molecule has 2 aromatic rings. The number of hydrogen-bond donors (Lipinski definition) is 1. The number of carbonyl (C=O) groups excluding carboxylic acids is 1. The Morgan fingerprint density at radius 3 is 2.56 bits per heavy atom. The van der Waals surface area contributed by atoms with E-state index in [1.54, 1.807) is 36.4 Å². The number of benzene rings is 2. The molecule has 0 unspecified atom stereocenters. The highest BCUT2D eigenvalue weighted by Crippen LogP contribution is 2.18. The van der Waals surface area contributed by atoms with Crippen LogP contribution in [0.4, 0.5) is 5.69 Å². The average Bonchev–Trinajstić information content (AvgIpc) is 2.57. The number of nitriles is 1. The van der Waals surface area contributed by atoms with Crippen LogP contribution in [0, 0.1) is 18.3 Å². The van der Waals surface area contributed by atoms with Gasteiger partial charge in [0, 0.05) is 12.1 Å². The Bertz CT molecular complexity index is 917. The van der Waals surface area contributed by atoms with Crippen molar-refractivity contribution in [1.82, 2.24) is 5.32 Å². The first-order valence-electron chi connectivity index (χ1n) is 7.64. The minimum absolute atomic E-state index is 0.0747. The van der Waals surface area contributed by atoms with Crippen LogP contribution < -0.4 is 9.62 Å². The topological polar surface area (TPSA) is 90.3 Å². The van der Waals surface area contributed by atoms with E-state index in [4.69, 9.17) is 5.26 Å². The van der Waals surface area contributed by atoms with Gasteiger partial charge in [-0.25, -0.2) is 8.42 Å². The molecule has 0 spiro atoms. The first-order valence-corrected chi connectivity index (χ1v) is 9.49. The van der Waals surface area contributed by atoms with Crippen LogP contribution in [0.3, 0.4) is 0 Å². The second-order valence-electron chi connectivity index (χ2n) is 5.62. The van der Waals surface area contributed by atoms with Crippen molar-refractivity contribution in [2.24, 2.45) is 0 Å². The number of sulfonamides is 1. The number of aryl methyl sites for hydroxylation is 1. The molecule has 0 bridgehead atoms. The van der Waals surface area contributed by atoms with Gasteiger partial charge < -0.3 is 5.32 Å². The van der Waals surface area contributed by atoms with Crippen molar-refractivity contribution in [3.05, 3.63) is 65.2 Å². The number of carbonyl (C=O) groups is 1. The van der Waals surface area contributed by atoms with Crippen LogP contribution in [0.1, 0.15) is 21.5 Å². The van der Waals surface area contributed by atoms with Crippen LogP contribution in [-0.4, -0.2) is 33.7 Å². The largest absolute Gasteiger partial charge is 0.350 e. The molecule has 0 aliphatic rings. The lowest BCUT2D eigenvalue weighted by Gasteiger charge is -2.22. The predicted octanol–water partition coefficient (Wildman–Crippen LogP) is 2.06. The molecule has 1 amide bonds. The second-order valence-corrected chi connectivity index (χ2v) is 7.53. The third-order valence-electron chi connectivity index (χ3n) is 3.54. The highest BCUT2D eigenvalue weighted by Gasteiger charge is 2.18. The molecule has 1 N–H and O–H groups in total. The standard InChI is InChI=1S/C18H19N3O3S/c1-14-5-3-7-16(11-14)18(22)20-9-10-21(25(2,23)24)17-8-4-6-15(12-17)13-19/h3-8,11-12H,9-10H2,1-2H3,(H,20,22). The van der Waals surface area contributed by atoms with Gasteiger partial charge in [-0.3, -0.25) is 9.10 Å². The van der Waals surface area contributed by atoms with Gasteiger partial charge >= 0.3 is 0 Å². The average molecular weight is 357 g/mol. The summed E-state index contributed by atoms with van der Waals surface area (Å²) in [4.78, 5) is 12.1. The van der Waals surface area contributed by atoms with E-state index >= 15 is 0 Å². The minimum atomic E-state index is -3.54. The zero-order valence-electron chi connectivity index (χ0n) is 14.1. The summed E-state index contributed by atoms with van der Waals surface area (Å²) in [6.45, 7) is 2.12. The molecule has 2 aromatic carbocycles. The molecular formula is C18H19N3O3S. The van der Waals surface area contributed by atoms with Gasteiger partial charge in [-0.2, -0.15) is 5.26 Å². The molecule has 2 rings (SSSR count). The Kier molecular flexibility index (Phi) is 5.78. The van der Waals surface area contributed by atoms with Crippen LogP contribution in [0.5, 0.6) is 0 Å². The fourth-order valence-corrected chi connectivity index (χ4v) is 3.30. The maximum atomic E-state index is 12.1. The van der Waals surface area contributed by atoms with Crippen LogP contribution in [0.25, 0.3) is 0 Å². The first-order chi connectivity index (χ1) is 11.8. The van der Waals surface area contributed by atoms with Crippen molar-refractivity contribution >= 4 is 21.6 Å². The van der Waals surface area contributed by atoms with Gasteiger partial charge in [0.05, 0.1) is 30.1 Å². The molecule has 7 heteroatoms. The molecule has 0 radical (unpaired) electrons. The van der Waals surface area contributed by atoms with Crippen LogP contribution in [0.2, 0.25) is 0 Å². The molecule has 0 saturated carbocycles. The second kappa shape index (κ2) is 7.81. The maximum absolute atomic E-state index is 12.1. The Hall–Kier alpha value is -2.85. The number of anilines is 1. The summed E-state index contributed by atoms with van der Waals surface area (Å²) in [5.74, 6) is -0.261. The first kappa shape index (κ1) is 18.5. The van der Waals surface area contributed by atoms with E-state index in [-0.39, 0.29) is 19.0 Å². The Balaban J connectivity index is 2.09. The van der Waals surface area contributed by atoms with Crippen molar-refractivity contribution in [3.63, 3.8) is 0 Å². The van der Waals surface area contributed by atoms with E-state index in [9.17, 15) is 13.2 Å². The smallest absolute Gasteiger partial charge is 0.251 e. The van der Waals surface area contributed by atoms with E-state index in [2.05, 4.69) is 5.32 Å². The molecule has 130 valence electrons. The SMILES string of the molecule is Cc1cccc(C(=O)NCCN(c2cccc(C#N)c2)S(C)(=O)=O)c1. The zero-order chi connectivity index (χ0) is 18.4. The summed E-state index contributed by atoms with van der Waals surface area (Å²) >= 11 is 0. The predicted molar refractivity (Wildman–Crippen MR) is 96.9 cm³/mol. The zero-order valence-corrected chi connectivity index (χ0v) is 14.9. The molecule has 0 heterocycles. The van der Waals surface area contributed by atoms with Gasteiger partial charge in [0.1, 0.15) is 0 Å². The third kappa shape index (κ3) is 5.06. The van der Waals surface area contributed by atoms with Gasteiger partial charge in [0.2, 0.25) is 10.0 Å². The molecule has 0 aliphatic carbocycles. The fourth-order valence-electron chi connectivity index (χ4n) is 2.38. The van der Waals surface area contributed by atoms with Crippen LogP contribution in [0.15, 0.2) is 48.5 Å². The normalized spacial score (nSPS) is 10.8. The Labute approximate surface area is 147 Å². The van der Waals surface area contributed by atoms with Crippen molar-refractivity contribution in [2.45, 2.75) is 6.92 Å². The van der Waals surface area contributed by atoms with Gasteiger partial charge in [0.15, 0.2) is 0 Å². The van der Waals surface area contributed by atoms with E-state index in [1.165, 1.54) is 10.4 Å². The molecule has 0 atom stereocenters. The number of hydrogen-bond acceptors (Lipinski definition) is 4. The van der Waals surface area contributed by atoms with Gasteiger partial charge in [0.25, 0.3) is 5.91 Å². The number of rotatable bonds is 6. The third-order valence-corrected chi connectivity index (χ3v) is 4.74. The lowest BCUT2D eigenvalue weighted by molar-refractivity contribution is 0.0954. The van der Waals surface area contributed by atoms with Gasteiger partial charge in [-0.1, -0.05) is 23.8 Å². The summed E-state index contributed by atoms with van der Waals surface area (Å²) in [5.41, 5.74) is 2.26. The van der Waals surface area contributed by atoms with E-state index in [0.717, 1.165) is 11.8 Å². The van der Waals surface area contributed by atoms with E-state index in [0.29, 0.717) is 16.8 Å². The van der Waals surface area contributed by atoms with Gasteiger partial charge in [-0.05, 0) is 37.3 Å². The number of nitrogens with zero attached hydrogens (tertiary/aromatic N) is 2. The van der Waals surface area contributed by atoms with Crippen LogP contribution in [-0.2, 0) is 10.0 Å². The van der Waals surface area contributed by atoms with Crippen molar-refractivity contribution in [2.75, 3.05) is 23.7 Å². The Morgan fingerprint density at radius 1 is 1.20 bits per heavy atom. The summed E-state index contributed by atoms with van der Waals surface area (Å²) in [7, 11) is -3.54. The van der Waals surface area contributed by atoms with Crippen molar-refractivity contribution in [1.29, 1.82) is 5.26 Å². The fraction of sp³-hybridized carbons (Fsp3) is 0.222. The minimum Gasteiger partial charge on any atom is -0.350 e.